The highest BCUT2D eigenvalue weighted by Crippen LogP contribution is 2.38. The molecule has 4 rings (SSSR count). The molecule has 0 amide bonds. The van der Waals surface area contributed by atoms with Crippen molar-refractivity contribution < 1.29 is 12.8 Å². The van der Waals surface area contributed by atoms with Crippen LogP contribution in [0.4, 0.5) is 5.88 Å². The van der Waals surface area contributed by atoms with Crippen molar-refractivity contribution in [3.05, 3.63) is 58.6 Å². The van der Waals surface area contributed by atoms with E-state index in [4.69, 9.17) is 27.6 Å². The minimum absolute atomic E-state index is 0.0932. The lowest BCUT2D eigenvalue weighted by Gasteiger charge is -2.30. The number of hydrogen-bond acceptors (Lipinski definition) is 5. The van der Waals surface area contributed by atoms with Gasteiger partial charge in [0.05, 0.1) is 15.5 Å². The van der Waals surface area contributed by atoms with Gasteiger partial charge in [0, 0.05) is 18.1 Å². The molecule has 5 nitrogen and oxygen atoms in total. The van der Waals surface area contributed by atoms with Gasteiger partial charge >= 0.3 is 0 Å². The van der Waals surface area contributed by atoms with Gasteiger partial charge in [-0.25, -0.2) is 8.42 Å². The number of nitrogens with zero attached hydrogens (tertiary/aromatic N) is 2. The average molecular weight is 451 g/mol. The van der Waals surface area contributed by atoms with E-state index in [1.54, 1.807) is 36.4 Å². The third-order valence-corrected chi connectivity index (χ3v) is 7.38. The summed E-state index contributed by atoms with van der Waals surface area (Å²) in [6.07, 6.45) is 1.92. The molecule has 1 fully saturated rings. The zero-order valence-electron chi connectivity index (χ0n) is 15.8. The van der Waals surface area contributed by atoms with Gasteiger partial charge in [-0.1, -0.05) is 42.3 Å². The van der Waals surface area contributed by atoms with Gasteiger partial charge in [0.25, 0.3) is 0 Å². The van der Waals surface area contributed by atoms with E-state index in [0.29, 0.717) is 34.6 Å². The zero-order valence-corrected chi connectivity index (χ0v) is 18.1. The first-order valence-electron chi connectivity index (χ1n) is 9.37. The Labute approximate surface area is 180 Å². The molecule has 0 unspecified atom stereocenters. The van der Waals surface area contributed by atoms with Crippen LogP contribution in [0.3, 0.4) is 0 Å². The van der Waals surface area contributed by atoms with Crippen molar-refractivity contribution in [2.24, 2.45) is 5.92 Å². The van der Waals surface area contributed by atoms with E-state index in [1.807, 2.05) is 4.90 Å². The molecule has 3 aromatic rings. The first kappa shape index (κ1) is 20.3. The standard InChI is InChI=1S/C21H20Cl2N2O3S/c1-14-10-12-25(13-11-14)21-20(29(26,27)16-8-6-15(22)7-9-16)24-19(28-21)17-4-2-3-5-18(17)23/h2-9,14H,10-13H2,1H3. The summed E-state index contributed by atoms with van der Waals surface area (Å²) < 4.78 is 32.8. The number of anilines is 1. The molecule has 0 saturated carbocycles. The van der Waals surface area contributed by atoms with Crippen LogP contribution in [-0.2, 0) is 9.84 Å². The van der Waals surface area contributed by atoms with Crippen molar-refractivity contribution in [2.45, 2.75) is 29.7 Å². The molecule has 0 spiro atoms. The smallest absolute Gasteiger partial charge is 0.236 e. The average Bonchev–Trinajstić information content (AvgIpc) is 3.15. The molecule has 29 heavy (non-hydrogen) atoms. The van der Waals surface area contributed by atoms with Crippen LogP contribution in [0.2, 0.25) is 10.0 Å². The summed E-state index contributed by atoms with van der Waals surface area (Å²) in [6, 6.07) is 13.1. The Kier molecular flexibility index (Phi) is 5.60. The molecule has 2 aromatic carbocycles. The molecule has 0 aliphatic carbocycles. The Morgan fingerprint density at radius 3 is 2.34 bits per heavy atom. The van der Waals surface area contributed by atoms with Crippen LogP contribution < -0.4 is 4.90 Å². The first-order chi connectivity index (χ1) is 13.9. The second-order valence-electron chi connectivity index (χ2n) is 7.24. The third kappa shape index (κ3) is 4.02. The molecule has 1 saturated heterocycles. The molecular weight excluding hydrogens is 431 g/mol. The molecule has 8 heteroatoms. The lowest BCUT2D eigenvalue weighted by Crippen LogP contribution is -2.33. The highest BCUT2D eigenvalue weighted by Gasteiger charge is 2.33. The van der Waals surface area contributed by atoms with Crippen molar-refractivity contribution in [3.8, 4) is 11.5 Å². The molecule has 0 radical (unpaired) electrons. The van der Waals surface area contributed by atoms with Gasteiger partial charge in [0.15, 0.2) is 0 Å². The molecule has 1 aliphatic rings. The Morgan fingerprint density at radius 1 is 1.03 bits per heavy atom. The van der Waals surface area contributed by atoms with E-state index in [2.05, 4.69) is 11.9 Å². The van der Waals surface area contributed by atoms with Gasteiger partial charge < -0.3 is 9.32 Å². The SMILES string of the molecule is CC1CCN(c2oc(-c3ccccc3Cl)nc2S(=O)(=O)c2ccc(Cl)cc2)CC1. The molecule has 152 valence electrons. The van der Waals surface area contributed by atoms with Gasteiger partial charge in [-0.15, -0.1) is 0 Å². The fourth-order valence-corrected chi connectivity index (χ4v) is 5.02. The van der Waals surface area contributed by atoms with Crippen LogP contribution >= 0.6 is 23.2 Å². The minimum atomic E-state index is -3.90. The van der Waals surface area contributed by atoms with Crippen LogP contribution in [0.15, 0.2) is 62.9 Å². The highest BCUT2D eigenvalue weighted by molar-refractivity contribution is 7.91. The lowest BCUT2D eigenvalue weighted by molar-refractivity contribution is 0.416. The van der Waals surface area contributed by atoms with E-state index >= 15 is 0 Å². The van der Waals surface area contributed by atoms with Crippen molar-refractivity contribution in [3.63, 3.8) is 0 Å². The van der Waals surface area contributed by atoms with Crippen molar-refractivity contribution in [2.75, 3.05) is 18.0 Å². The predicted octanol–water partition coefficient (Wildman–Crippen LogP) is 5.72. The van der Waals surface area contributed by atoms with Crippen LogP contribution in [0, 0.1) is 5.92 Å². The lowest BCUT2D eigenvalue weighted by atomic mass is 9.99. The van der Waals surface area contributed by atoms with E-state index in [9.17, 15) is 8.42 Å². The maximum atomic E-state index is 13.4. The Bertz CT molecular complexity index is 1120. The summed E-state index contributed by atoms with van der Waals surface area (Å²) in [6.45, 7) is 3.61. The molecule has 0 bridgehead atoms. The molecule has 0 N–H and O–H groups in total. The van der Waals surface area contributed by atoms with Crippen LogP contribution in [0.5, 0.6) is 0 Å². The number of piperidine rings is 1. The Morgan fingerprint density at radius 2 is 1.69 bits per heavy atom. The first-order valence-corrected chi connectivity index (χ1v) is 11.6. The molecule has 0 atom stereocenters. The maximum Gasteiger partial charge on any atom is 0.236 e. The fourth-order valence-electron chi connectivity index (χ4n) is 3.36. The number of oxazole rings is 1. The van der Waals surface area contributed by atoms with Crippen molar-refractivity contribution >= 4 is 38.9 Å². The van der Waals surface area contributed by atoms with Gasteiger partial charge in [-0.2, -0.15) is 4.98 Å². The second-order valence-corrected chi connectivity index (χ2v) is 9.94. The summed E-state index contributed by atoms with van der Waals surface area (Å²) in [7, 11) is -3.90. The summed E-state index contributed by atoms with van der Waals surface area (Å²) in [5.41, 5.74) is 0.554. The zero-order chi connectivity index (χ0) is 20.6. The summed E-state index contributed by atoms with van der Waals surface area (Å²) >= 11 is 12.2. The number of hydrogen-bond donors (Lipinski definition) is 0. The summed E-state index contributed by atoms with van der Waals surface area (Å²) in [4.78, 5) is 6.46. The Hall–Kier alpha value is -2.02. The van der Waals surface area contributed by atoms with Gasteiger partial charge in [-0.3, -0.25) is 0 Å². The van der Waals surface area contributed by atoms with Crippen molar-refractivity contribution in [1.29, 1.82) is 0 Å². The molecular formula is C21H20Cl2N2O3S. The predicted molar refractivity (Wildman–Crippen MR) is 114 cm³/mol. The van der Waals surface area contributed by atoms with Crippen LogP contribution in [0.1, 0.15) is 19.8 Å². The fraction of sp³-hybridized carbons (Fsp3) is 0.286. The Balaban J connectivity index is 1.85. The van der Waals surface area contributed by atoms with Gasteiger partial charge in [0.1, 0.15) is 0 Å². The van der Waals surface area contributed by atoms with E-state index < -0.39 is 9.84 Å². The molecule has 2 heterocycles. The number of rotatable bonds is 4. The second kappa shape index (κ2) is 8.01. The minimum Gasteiger partial charge on any atom is -0.419 e. The monoisotopic (exact) mass is 450 g/mol. The highest BCUT2D eigenvalue weighted by atomic mass is 35.5. The quantitative estimate of drug-likeness (QED) is 0.508. The van der Waals surface area contributed by atoms with E-state index in [0.717, 1.165) is 12.8 Å². The largest absolute Gasteiger partial charge is 0.419 e. The third-order valence-electron chi connectivity index (χ3n) is 5.13. The topological polar surface area (TPSA) is 63.4 Å². The molecule has 1 aromatic heterocycles. The number of sulfone groups is 1. The number of aromatic nitrogens is 1. The van der Waals surface area contributed by atoms with Crippen LogP contribution in [0.25, 0.3) is 11.5 Å². The van der Waals surface area contributed by atoms with Gasteiger partial charge in [0.2, 0.25) is 26.6 Å². The number of benzene rings is 2. The van der Waals surface area contributed by atoms with E-state index in [1.165, 1.54) is 12.1 Å². The normalized spacial score (nSPS) is 15.6. The number of halogens is 2. The summed E-state index contributed by atoms with van der Waals surface area (Å²) in [5, 5.41) is 0.818. The van der Waals surface area contributed by atoms with E-state index in [-0.39, 0.29) is 21.7 Å². The molecule has 1 aliphatic heterocycles. The maximum absolute atomic E-state index is 13.4. The van der Waals surface area contributed by atoms with Gasteiger partial charge in [-0.05, 0) is 55.2 Å². The van der Waals surface area contributed by atoms with Crippen molar-refractivity contribution in [1.82, 2.24) is 4.98 Å². The summed E-state index contributed by atoms with van der Waals surface area (Å²) in [5.74, 6) is 1.05. The van der Waals surface area contributed by atoms with Crippen LogP contribution in [-0.4, -0.2) is 26.5 Å².